The van der Waals surface area contributed by atoms with Crippen LogP contribution in [0.4, 0.5) is 8.78 Å². The van der Waals surface area contributed by atoms with Gasteiger partial charge < -0.3 is 9.72 Å². The molecule has 0 fully saturated rings. The number of methoxy groups -OCH3 is 1. The summed E-state index contributed by atoms with van der Waals surface area (Å²) in [7, 11) is 1.48. The van der Waals surface area contributed by atoms with Gasteiger partial charge in [-0.2, -0.15) is 4.39 Å². The van der Waals surface area contributed by atoms with Crippen LogP contribution in [0.15, 0.2) is 47.3 Å². The molecular formula is C21H17BrF2N4O. The van der Waals surface area contributed by atoms with E-state index in [1.165, 1.54) is 13.2 Å². The van der Waals surface area contributed by atoms with Gasteiger partial charge in [-0.1, -0.05) is 6.07 Å². The summed E-state index contributed by atoms with van der Waals surface area (Å²) >= 11 is 3.41. The molecule has 0 aliphatic carbocycles. The molecule has 0 spiro atoms. The number of nitrogens with zero attached hydrogens (tertiary/aromatic N) is 3. The van der Waals surface area contributed by atoms with E-state index in [4.69, 9.17) is 4.74 Å². The molecule has 0 unspecified atom stereocenters. The number of H-pyrrole nitrogens is 1. The lowest BCUT2D eigenvalue weighted by atomic mass is 10.0. The van der Waals surface area contributed by atoms with E-state index in [1.807, 2.05) is 12.3 Å². The minimum atomic E-state index is -0.510. The number of aryl methyl sites for hydroxylation is 2. The first-order valence-electron chi connectivity index (χ1n) is 8.97. The van der Waals surface area contributed by atoms with Crippen LogP contribution in [0.25, 0.3) is 11.0 Å². The van der Waals surface area contributed by atoms with Crippen LogP contribution in [-0.2, 0) is 19.3 Å². The minimum absolute atomic E-state index is 0.364. The van der Waals surface area contributed by atoms with Crippen molar-refractivity contribution < 1.29 is 13.5 Å². The molecule has 4 heterocycles. The van der Waals surface area contributed by atoms with E-state index < -0.39 is 11.8 Å². The Morgan fingerprint density at radius 1 is 1.03 bits per heavy atom. The predicted molar refractivity (Wildman–Crippen MR) is 109 cm³/mol. The highest BCUT2D eigenvalue weighted by atomic mass is 79.9. The molecular weight excluding hydrogens is 442 g/mol. The third-order valence-electron chi connectivity index (χ3n) is 4.68. The summed E-state index contributed by atoms with van der Waals surface area (Å²) in [5, 5.41) is 0.938. The van der Waals surface area contributed by atoms with Gasteiger partial charge in [-0.05, 0) is 52.5 Å². The fraction of sp³-hybridized carbons (Fsp3) is 0.190. The molecule has 0 aromatic carbocycles. The quantitative estimate of drug-likeness (QED) is 0.422. The maximum Gasteiger partial charge on any atom is 0.216 e. The molecule has 148 valence electrons. The van der Waals surface area contributed by atoms with Crippen molar-refractivity contribution in [2.75, 3.05) is 7.11 Å². The first-order valence-corrected chi connectivity index (χ1v) is 9.77. The maximum atomic E-state index is 14.6. The second-order valence-electron chi connectivity index (χ2n) is 6.61. The fourth-order valence-corrected chi connectivity index (χ4v) is 3.58. The molecule has 29 heavy (non-hydrogen) atoms. The van der Waals surface area contributed by atoms with Crippen LogP contribution in [0.3, 0.4) is 0 Å². The molecule has 0 radical (unpaired) electrons. The molecule has 4 aromatic rings. The number of ether oxygens (including phenoxy) is 1. The van der Waals surface area contributed by atoms with Gasteiger partial charge >= 0.3 is 0 Å². The van der Waals surface area contributed by atoms with E-state index in [1.54, 1.807) is 18.3 Å². The van der Waals surface area contributed by atoms with Gasteiger partial charge in [0.15, 0.2) is 0 Å². The SMILES string of the molecule is COc1ncc(F)cc1CCc1ccc(Cc2c[nH]c3ncc(Br)cc23)c(F)n1. The Kier molecular flexibility index (Phi) is 5.53. The van der Waals surface area contributed by atoms with Crippen molar-refractivity contribution in [2.24, 2.45) is 0 Å². The summed E-state index contributed by atoms with van der Waals surface area (Å²) in [6.45, 7) is 0. The van der Waals surface area contributed by atoms with Gasteiger partial charge in [-0.15, -0.1) is 0 Å². The Morgan fingerprint density at radius 3 is 2.69 bits per heavy atom. The summed E-state index contributed by atoms with van der Waals surface area (Å²) in [4.78, 5) is 15.4. The van der Waals surface area contributed by atoms with Crippen LogP contribution in [0.1, 0.15) is 22.4 Å². The highest BCUT2D eigenvalue weighted by Crippen LogP contribution is 2.24. The Morgan fingerprint density at radius 2 is 1.90 bits per heavy atom. The molecule has 5 nitrogen and oxygen atoms in total. The van der Waals surface area contributed by atoms with Crippen LogP contribution >= 0.6 is 15.9 Å². The zero-order valence-corrected chi connectivity index (χ0v) is 17.1. The molecule has 0 amide bonds. The maximum absolute atomic E-state index is 14.6. The van der Waals surface area contributed by atoms with Gasteiger partial charge in [0.2, 0.25) is 11.8 Å². The molecule has 0 atom stereocenters. The number of hydrogen-bond donors (Lipinski definition) is 1. The van der Waals surface area contributed by atoms with E-state index in [0.717, 1.165) is 27.3 Å². The van der Waals surface area contributed by atoms with Crippen molar-refractivity contribution in [1.29, 1.82) is 0 Å². The third kappa shape index (κ3) is 4.27. The normalized spacial score (nSPS) is 11.2. The van der Waals surface area contributed by atoms with E-state index in [-0.39, 0.29) is 0 Å². The molecule has 4 rings (SSSR count). The molecule has 0 aliphatic rings. The molecule has 0 aliphatic heterocycles. The number of rotatable bonds is 6. The largest absolute Gasteiger partial charge is 0.481 e. The lowest BCUT2D eigenvalue weighted by molar-refractivity contribution is 0.390. The zero-order valence-electron chi connectivity index (χ0n) is 15.5. The number of nitrogens with one attached hydrogen (secondary N) is 1. The lowest BCUT2D eigenvalue weighted by Gasteiger charge is -2.08. The Hall–Kier alpha value is -2.87. The molecule has 1 N–H and O–H groups in total. The van der Waals surface area contributed by atoms with Crippen molar-refractivity contribution in [3.63, 3.8) is 0 Å². The zero-order chi connectivity index (χ0) is 20.4. The smallest absolute Gasteiger partial charge is 0.216 e. The fourth-order valence-electron chi connectivity index (χ4n) is 3.25. The second-order valence-corrected chi connectivity index (χ2v) is 7.53. The minimum Gasteiger partial charge on any atom is -0.481 e. The molecule has 0 bridgehead atoms. The molecule has 8 heteroatoms. The van der Waals surface area contributed by atoms with Gasteiger partial charge in [0.05, 0.1) is 13.3 Å². The topological polar surface area (TPSA) is 63.7 Å². The Balaban J connectivity index is 1.51. The highest BCUT2D eigenvalue weighted by Gasteiger charge is 2.12. The first kappa shape index (κ1) is 19.4. The van der Waals surface area contributed by atoms with Crippen LogP contribution in [0, 0.1) is 11.8 Å². The summed E-state index contributed by atoms with van der Waals surface area (Å²) in [5.74, 6) is -0.582. The average molecular weight is 459 g/mol. The second kappa shape index (κ2) is 8.24. The van der Waals surface area contributed by atoms with Crippen molar-refractivity contribution in [2.45, 2.75) is 19.3 Å². The van der Waals surface area contributed by atoms with Gasteiger partial charge in [0.1, 0.15) is 11.5 Å². The average Bonchev–Trinajstić information content (AvgIpc) is 3.10. The molecule has 0 saturated carbocycles. The van der Waals surface area contributed by atoms with Gasteiger partial charge in [0.25, 0.3) is 0 Å². The molecule has 0 saturated heterocycles. The standard InChI is InChI=1S/C21H17BrF2N4O/c1-29-21-13(7-16(23)11-27-21)3-5-17-4-2-12(19(24)28-17)6-14-9-25-20-18(14)8-15(22)10-26-20/h2,4,7-11H,3,5-6H2,1H3,(H,25,26). The van der Waals surface area contributed by atoms with E-state index in [9.17, 15) is 8.78 Å². The predicted octanol–water partition coefficient (Wildman–Crippen LogP) is 4.78. The van der Waals surface area contributed by atoms with Crippen molar-refractivity contribution in [3.05, 3.63) is 81.5 Å². The summed E-state index contributed by atoms with van der Waals surface area (Å²) in [6.07, 6.45) is 5.95. The number of hydrogen-bond acceptors (Lipinski definition) is 4. The lowest BCUT2D eigenvalue weighted by Crippen LogP contribution is -2.03. The summed E-state index contributed by atoms with van der Waals surface area (Å²) in [5.41, 5.74) is 3.40. The first-order chi connectivity index (χ1) is 14.0. The van der Waals surface area contributed by atoms with Gasteiger partial charge in [-0.25, -0.2) is 19.3 Å². The number of halogens is 3. The third-order valence-corrected chi connectivity index (χ3v) is 5.12. The highest BCUT2D eigenvalue weighted by molar-refractivity contribution is 9.10. The number of aromatic nitrogens is 4. The van der Waals surface area contributed by atoms with Crippen molar-refractivity contribution >= 4 is 27.0 Å². The Bertz CT molecular complexity index is 1180. The van der Waals surface area contributed by atoms with E-state index in [0.29, 0.717) is 42.0 Å². The van der Waals surface area contributed by atoms with Crippen LogP contribution in [0.2, 0.25) is 0 Å². The van der Waals surface area contributed by atoms with E-state index in [2.05, 4.69) is 35.9 Å². The van der Waals surface area contributed by atoms with Crippen LogP contribution in [-0.4, -0.2) is 27.0 Å². The van der Waals surface area contributed by atoms with Crippen molar-refractivity contribution in [1.82, 2.24) is 19.9 Å². The summed E-state index contributed by atoms with van der Waals surface area (Å²) < 4.78 is 34.1. The molecule has 4 aromatic heterocycles. The van der Waals surface area contributed by atoms with Crippen LogP contribution < -0.4 is 4.74 Å². The van der Waals surface area contributed by atoms with E-state index >= 15 is 0 Å². The number of pyridine rings is 3. The number of aromatic amines is 1. The van der Waals surface area contributed by atoms with Crippen molar-refractivity contribution in [3.8, 4) is 5.88 Å². The van der Waals surface area contributed by atoms with Gasteiger partial charge in [0, 0.05) is 45.5 Å². The Labute approximate surface area is 174 Å². The van der Waals surface area contributed by atoms with Gasteiger partial charge in [-0.3, -0.25) is 0 Å². The number of fused-ring (bicyclic) bond motifs is 1. The monoisotopic (exact) mass is 458 g/mol. The van der Waals surface area contributed by atoms with Crippen LogP contribution in [0.5, 0.6) is 5.88 Å². The summed E-state index contributed by atoms with van der Waals surface area (Å²) in [6, 6.07) is 6.86.